The summed E-state index contributed by atoms with van der Waals surface area (Å²) in [5.74, 6) is 2.24. The van der Waals surface area contributed by atoms with Crippen LogP contribution in [-0.4, -0.2) is 12.4 Å². The van der Waals surface area contributed by atoms with Crippen molar-refractivity contribution in [3.8, 4) is 5.75 Å². The van der Waals surface area contributed by atoms with E-state index in [9.17, 15) is 0 Å². The Morgan fingerprint density at radius 3 is 2.40 bits per heavy atom. The molecule has 84 valence electrons. The molecule has 15 heavy (non-hydrogen) atoms. The van der Waals surface area contributed by atoms with Crippen LogP contribution in [0.5, 0.6) is 5.75 Å². The Hall–Kier alpha value is 0.330. The van der Waals surface area contributed by atoms with Gasteiger partial charge in [0, 0.05) is 5.92 Å². The van der Waals surface area contributed by atoms with E-state index in [2.05, 4.69) is 51.4 Å². The maximum absolute atomic E-state index is 5.77. The number of benzene rings is 1. The summed E-state index contributed by atoms with van der Waals surface area (Å²) in [4.78, 5) is 0. The van der Waals surface area contributed by atoms with E-state index in [-0.39, 0.29) is 0 Å². The maximum Gasteiger partial charge on any atom is 0.147 e. The molecule has 1 unspecified atom stereocenters. The second-order valence-electron chi connectivity index (χ2n) is 3.32. The van der Waals surface area contributed by atoms with Crippen LogP contribution in [0.1, 0.15) is 13.3 Å². The lowest BCUT2D eigenvalue weighted by Gasteiger charge is -2.15. The van der Waals surface area contributed by atoms with Crippen LogP contribution in [0, 0.1) is 5.92 Å². The summed E-state index contributed by atoms with van der Waals surface area (Å²) in [5.41, 5.74) is 0. The molecular weight excluding hydrogens is 340 g/mol. The number of rotatable bonds is 5. The van der Waals surface area contributed by atoms with E-state index in [4.69, 9.17) is 4.74 Å². The lowest BCUT2D eigenvalue weighted by Crippen LogP contribution is -2.13. The number of hydrogen-bond acceptors (Lipinski definition) is 2. The van der Waals surface area contributed by atoms with E-state index in [0.29, 0.717) is 12.5 Å². The minimum atomic E-state index is 0.507. The van der Waals surface area contributed by atoms with Crippen molar-refractivity contribution in [2.75, 3.05) is 12.4 Å². The highest BCUT2D eigenvalue weighted by Crippen LogP contribution is 2.33. The van der Waals surface area contributed by atoms with Gasteiger partial charge in [-0.2, -0.15) is 12.6 Å². The highest BCUT2D eigenvalue weighted by atomic mass is 79.9. The average molecular weight is 354 g/mol. The zero-order valence-electron chi connectivity index (χ0n) is 8.54. The molecule has 4 heteroatoms. The Balaban J connectivity index is 2.64. The third-order valence-corrected chi connectivity index (χ3v) is 3.98. The van der Waals surface area contributed by atoms with Gasteiger partial charge in [0.1, 0.15) is 5.75 Å². The van der Waals surface area contributed by atoms with Gasteiger partial charge in [0.15, 0.2) is 0 Å². The molecule has 0 aliphatic rings. The predicted molar refractivity (Wildman–Crippen MR) is 75.0 cm³/mol. The molecule has 1 nitrogen and oxygen atoms in total. The highest BCUT2D eigenvalue weighted by molar-refractivity contribution is 9.11. The summed E-state index contributed by atoms with van der Waals surface area (Å²) in [6.45, 7) is 2.86. The molecule has 0 saturated carbocycles. The molecule has 1 aromatic carbocycles. The summed E-state index contributed by atoms with van der Waals surface area (Å²) >= 11 is 11.2. The van der Waals surface area contributed by atoms with E-state index in [0.717, 1.165) is 26.9 Å². The topological polar surface area (TPSA) is 9.23 Å². The van der Waals surface area contributed by atoms with Crippen LogP contribution >= 0.6 is 44.5 Å². The zero-order chi connectivity index (χ0) is 11.3. The zero-order valence-corrected chi connectivity index (χ0v) is 12.6. The summed E-state index contributed by atoms with van der Waals surface area (Å²) in [5, 5.41) is 0. The van der Waals surface area contributed by atoms with Gasteiger partial charge in [0.05, 0.1) is 15.6 Å². The Bertz CT molecular complexity index is 293. The summed E-state index contributed by atoms with van der Waals surface area (Å²) in [6, 6.07) is 5.92. The first-order valence-electron chi connectivity index (χ1n) is 4.86. The normalized spacial score (nSPS) is 12.5. The quantitative estimate of drug-likeness (QED) is 0.764. The molecule has 0 aromatic heterocycles. The second-order valence-corrected chi connectivity index (χ2v) is 5.39. The SMILES string of the molecule is CCC(CS)COc1c(Br)cccc1Br. The molecule has 0 fully saturated rings. The Morgan fingerprint density at radius 2 is 1.93 bits per heavy atom. The monoisotopic (exact) mass is 352 g/mol. The third-order valence-electron chi connectivity index (χ3n) is 2.22. The first kappa shape index (κ1) is 13.4. The van der Waals surface area contributed by atoms with Crippen LogP contribution in [0.2, 0.25) is 0 Å². The molecule has 1 aromatic rings. The number of para-hydroxylation sites is 1. The number of halogens is 2. The van der Waals surface area contributed by atoms with Gasteiger partial charge < -0.3 is 4.74 Å². The lowest BCUT2D eigenvalue weighted by atomic mass is 10.1. The molecule has 0 spiro atoms. The van der Waals surface area contributed by atoms with Crippen LogP contribution in [-0.2, 0) is 0 Å². The molecule has 0 saturated heterocycles. The van der Waals surface area contributed by atoms with Crippen LogP contribution < -0.4 is 4.74 Å². The van der Waals surface area contributed by atoms with Crippen molar-refractivity contribution in [1.82, 2.24) is 0 Å². The number of hydrogen-bond donors (Lipinski definition) is 1. The Labute approximate surface area is 113 Å². The van der Waals surface area contributed by atoms with Gasteiger partial charge in [0.2, 0.25) is 0 Å². The smallest absolute Gasteiger partial charge is 0.147 e. The summed E-state index contributed by atoms with van der Waals surface area (Å²) in [7, 11) is 0. The molecular formula is C11H14Br2OS. The maximum atomic E-state index is 5.77. The number of ether oxygens (including phenoxy) is 1. The first-order chi connectivity index (χ1) is 7.19. The van der Waals surface area contributed by atoms with Gasteiger partial charge in [0.25, 0.3) is 0 Å². The molecule has 0 amide bonds. The summed E-state index contributed by atoms with van der Waals surface area (Å²) in [6.07, 6.45) is 1.09. The molecule has 0 heterocycles. The lowest BCUT2D eigenvalue weighted by molar-refractivity contribution is 0.256. The molecule has 1 atom stereocenters. The van der Waals surface area contributed by atoms with Gasteiger partial charge in [-0.1, -0.05) is 13.0 Å². The molecule has 0 N–H and O–H groups in total. The van der Waals surface area contributed by atoms with E-state index >= 15 is 0 Å². The minimum Gasteiger partial charge on any atom is -0.491 e. The standard InChI is InChI=1S/C11H14Br2OS/c1-2-8(7-15)6-14-11-9(12)4-3-5-10(11)13/h3-5,8,15H,2,6-7H2,1H3. The fourth-order valence-electron chi connectivity index (χ4n) is 1.12. The van der Waals surface area contributed by atoms with Crippen molar-refractivity contribution < 1.29 is 4.74 Å². The van der Waals surface area contributed by atoms with E-state index < -0.39 is 0 Å². The molecule has 0 bridgehead atoms. The van der Waals surface area contributed by atoms with Crippen molar-refractivity contribution in [1.29, 1.82) is 0 Å². The van der Waals surface area contributed by atoms with Gasteiger partial charge in [-0.05, 0) is 56.2 Å². The van der Waals surface area contributed by atoms with Crippen LogP contribution in [0.25, 0.3) is 0 Å². The molecule has 0 aliphatic carbocycles. The fraction of sp³-hybridized carbons (Fsp3) is 0.455. The predicted octanol–water partition coefficient (Wildman–Crippen LogP) is 4.55. The van der Waals surface area contributed by atoms with Gasteiger partial charge in [-0.15, -0.1) is 0 Å². The van der Waals surface area contributed by atoms with Crippen molar-refractivity contribution in [2.45, 2.75) is 13.3 Å². The third kappa shape index (κ3) is 4.00. The van der Waals surface area contributed by atoms with Crippen LogP contribution in [0.4, 0.5) is 0 Å². The average Bonchev–Trinajstić information content (AvgIpc) is 2.23. The second kappa shape index (κ2) is 6.81. The van der Waals surface area contributed by atoms with Gasteiger partial charge >= 0.3 is 0 Å². The first-order valence-corrected chi connectivity index (χ1v) is 7.08. The minimum absolute atomic E-state index is 0.507. The van der Waals surface area contributed by atoms with Gasteiger partial charge in [-0.3, -0.25) is 0 Å². The Morgan fingerprint density at radius 1 is 1.33 bits per heavy atom. The van der Waals surface area contributed by atoms with Crippen molar-refractivity contribution >= 4 is 44.5 Å². The Kier molecular flexibility index (Phi) is 6.09. The molecule has 1 rings (SSSR count). The summed E-state index contributed by atoms with van der Waals surface area (Å²) < 4.78 is 7.72. The molecule has 0 aliphatic heterocycles. The van der Waals surface area contributed by atoms with Crippen molar-refractivity contribution in [3.63, 3.8) is 0 Å². The van der Waals surface area contributed by atoms with E-state index in [1.165, 1.54) is 0 Å². The highest BCUT2D eigenvalue weighted by Gasteiger charge is 2.09. The van der Waals surface area contributed by atoms with Crippen LogP contribution in [0.15, 0.2) is 27.1 Å². The van der Waals surface area contributed by atoms with Crippen molar-refractivity contribution in [3.05, 3.63) is 27.1 Å². The fourth-order valence-corrected chi connectivity index (χ4v) is 2.71. The van der Waals surface area contributed by atoms with E-state index in [1.807, 2.05) is 18.2 Å². The van der Waals surface area contributed by atoms with E-state index in [1.54, 1.807) is 0 Å². The van der Waals surface area contributed by atoms with Gasteiger partial charge in [-0.25, -0.2) is 0 Å². The van der Waals surface area contributed by atoms with Crippen LogP contribution in [0.3, 0.4) is 0 Å². The number of thiol groups is 1. The molecule has 0 radical (unpaired) electrons. The largest absolute Gasteiger partial charge is 0.491 e. The van der Waals surface area contributed by atoms with Crippen molar-refractivity contribution in [2.24, 2.45) is 5.92 Å².